The summed E-state index contributed by atoms with van der Waals surface area (Å²) in [4.78, 5) is 16.9. The van der Waals surface area contributed by atoms with E-state index in [9.17, 15) is 13.2 Å². The molecule has 0 saturated carbocycles. The van der Waals surface area contributed by atoms with Crippen LogP contribution in [-0.4, -0.2) is 63.9 Å². The van der Waals surface area contributed by atoms with Gasteiger partial charge in [-0.25, -0.2) is 8.42 Å². The first-order chi connectivity index (χ1) is 12.9. The molecule has 3 rings (SSSR count). The molecule has 1 fully saturated rings. The SMILES string of the molecule is CN1CCN(C(=O)CN(c2ccc(I)cc2)S(=O)(=O)c2ccccc2)CC1. The lowest BCUT2D eigenvalue weighted by molar-refractivity contribution is -0.131. The highest BCUT2D eigenvalue weighted by Gasteiger charge is 2.29. The number of amides is 1. The van der Waals surface area contributed by atoms with Crippen LogP contribution in [0.4, 0.5) is 5.69 Å². The van der Waals surface area contributed by atoms with Gasteiger partial charge in [0, 0.05) is 29.7 Å². The third-order valence-corrected chi connectivity index (χ3v) is 7.09. The van der Waals surface area contributed by atoms with Gasteiger partial charge in [-0.05, 0) is 66.0 Å². The summed E-state index contributed by atoms with van der Waals surface area (Å²) in [6.45, 7) is 2.60. The number of hydrogen-bond acceptors (Lipinski definition) is 4. The van der Waals surface area contributed by atoms with Gasteiger partial charge in [0.2, 0.25) is 5.91 Å². The molecule has 1 amide bonds. The average molecular weight is 499 g/mol. The van der Waals surface area contributed by atoms with Gasteiger partial charge in [-0.2, -0.15) is 0 Å². The van der Waals surface area contributed by atoms with Crippen molar-refractivity contribution in [1.29, 1.82) is 0 Å². The van der Waals surface area contributed by atoms with E-state index in [0.717, 1.165) is 16.7 Å². The average Bonchev–Trinajstić information content (AvgIpc) is 2.68. The lowest BCUT2D eigenvalue weighted by atomic mass is 10.3. The van der Waals surface area contributed by atoms with E-state index in [-0.39, 0.29) is 17.3 Å². The standard InChI is InChI=1S/C19H22IN3O3S/c1-21-11-13-22(14-12-21)19(24)15-23(17-9-7-16(20)8-10-17)27(25,26)18-5-3-2-4-6-18/h2-10H,11-15H2,1H3. The molecule has 0 spiro atoms. The molecule has 1 aliphatic heterocycles. The zero-order valence-corrected chi connectivity index (χ0v) is 18.1. The Morgan fingerprint density at radius 2 is 1.59 bits per heavy atom. The fourth-order valence-corrected chi connectivity index (χ4v) is 4.72. The van der Waals surface area contributed by atoms with Crippen LogP contribution in [0, 0.1) is 3.57 Å². The topological polar surface area (TPSA) is 60.9 Å². The lowest BCUT2D eigenvalue weighted by Gasteiger charge is -2.34. The number of sulfonamides is 1. The summed E-state index contributed by atoms with van der Waals surface area (Å²) in [7, 11) is -1.83. The quantitative estimate of drug-likeness (QED) is 0.593. The zero-order chi connectivity index (χ0) is 19.4. The smallest absolute Gasteiger partial charge is 0.264 e. The molecule has 0 N–H and O–H groups in total. The Morgan fingerprint density at radius 3 is 2.19 bits per heavy atom. The Labute approximate surface area is 174 Å². The van der Waals surface area contributed by atoms with Crippen molar-refractivity contribution in [2.24, 2.45) is 0 Å². The van der Waals surface area contributed by atoms with Crippen molar-refractivity contribution in [2.75, 3.05) is 44.1 Å². The molecule has 1 saturated heterocycles. The fourth-order valence-electron chi connectivity index (χ4n) is 2.92. The molecule has 6 nitrogen and oxygen atoms in total. The van der Waals surface area contributed by atoms with Crippen LogP contribution in [-0.2, 0) is 14.8 Å². The van der Waals surface area contributed by atoms with Crippen molar-refractivity contribution in [1.82, 2.24) is 9.80 Å². The molecule has 0 radical (unpaired) electrons. The predicted molar refractivity (Wildman–Crippen MR) is 114 cm³/mol. The number of anilines is 1. The first kappa shape index (κ1) is 20.1. The van der Waals surface area contributed by atoms with Gasteiger partial charge in [-0.1, -0.05) is 18.2 Å². The Balaban J connectivity index is 1.91. The maximum atomic E-state index is 13.2. The highest BCUT2D eigenvalue weighted by molar-refractivity contribution is 14.1. The van der Waals surface area contributed by atoms with Crippen molar-refractivity contribution >= 4 is 44.2 Å². The minimum absolute atomic E-state index is 0.176. The number of halogens is 1. The number of piperazine rings is 1. The molecule has 0 aliphatic carbocycles. The molecule has 0 aromatic heterocycles. The molecule has 2 aromatic carbocycles. The highest BCUT2D eigenvalue weighted by Crippen LogP contribution is 2.24. The fraction of sp³-hybridized carbons (Fsp3) is 0.316. The number of benzene rings is 2. The highest BCUT2D eigenvalue weighted by atomic mass is 127. The maximum Gasteiger partial charge on any atom is 0.264 e. The molecule has 0 unspecified atom stereocenters. The van der Waals surface area contributed by atoms with E-state index in [0.29, 0.717) is 18.8 Å². The van der Waals surface area contributed by atoms with E-state index < -0.39 is 10.0 Å². The molecule has 2 aromatic rings. The van der Waals surface area contributed by atoms with Crippen LogP contribution in [0.1, 0.15) is 0 Å². The predicted octanol–water partition coefficient (Wildman–Crippen LogP) is 2.26. The molecule has 1 heterocycles. The maximum absolute atomic E-state index is 13.2. The van der Waals surface area contributed by atoms with Gasteiger partial charge in [0.05, 0.1) is 10.6 Å². The summed E-state index contributed by atoms with van der Waals surface area (Å²) in [5.74, 6) is -0.179. The number of likely N-dealkylation sites (N-methyl/N-ethyl adjacent to an activating group) is 1. The van der Waals surface area contributed by atoms with Crippen molar-refractivity contribution in [3.63, 3.8) is 0 Å². The van der Waals surface area contributed by atoms with Crippen LogP contribution in [0.25, 0.3) is 0 Å². The van der Waals surface area contributed by atoms with Gasteiger partial charge in [-0.3, -0.25) is 9.10 Å². The summed E-state index contributed by atoms with van der Waals surface area (Å²) >= 11 is 2.17. The molecule has 27 heavy (non-hydrogen) atoms. The molecular weight excluding hydrogens is 477 g/mol. The van der Waals surface area contributed by atoms with E-state index in [4.69, 9.17) is 0 Å². The largest absolute Gasteiger partial charge is 0.339 e. The third-order valence-electron chi connectivity index (χ3n) is 4.58. The van der Waals surface area contributed by atoms with E-state index in [2.05, 4.69) is 27.5 Å². The number of carbonyl (C=O) groups excluding carboxylic acids is 1. The second kappa shape index (κ2) is 8.57. The molecule has 0 atom stereocenters. The molecule has 144 valence electrons. The number of nitrogens with zero attached hydrogens (tertiary/aromatic N) is 3. The Morgan fingerprint density at radius 1 is 1.00 bits per heavy atom. The zero-order valence-electron chi connectivity index (χ0n) is 15.1. The van der Waals surface area contributed by atoms with Crippen LogP contribution < -0.4 is 4.31 Å². The molecule has 1 aliphatic rings. The molecule has 0 bridgehead atoms. The van der Waals surface area contributed by atoms with Crippen molar-refractivity contribution in [2.45, 2.75) is 4.90 Å². The van der Waals surface area contributed by atoms with Crippen LogP contribution in [0.2, 0.25) is 0 Å². The van der Waals surface area contributed by atoms with Gasteiger partial charge in [0.25, 0.3) is 10.0 Å². The van der Waals surface area contributed by atoms with Gasteiger partial charge in [-0.15, -0.1) is 0 Å². The lowest BCUT2D eigenvalue weighted by Crippen LogP contribution is -2.50. The Hall–Kier alpha value is -1.65. The van der Waals surface area contributed by atoms with Crippen LogP contribution >= 0.6 is 22.6 Å². The first-order valence-electron chi connectivity index (χ1n) is 8.67. The minimum atomic E-state index is -3.84. The van der Waals surface area contributed by atoms with E-state index in [1.165, 1.54) is 4.31 Å². The van der Waals surface area contributed by atoms with Crippen LogP contribution in [0.15, 0.2) is 59.5 Å². The minimum Gasteiger partial charge on any atom is -0.339 e. The van der Waals surface area contributed by atoms with Gasteiger partial charge in [0.15, 0.2) is 0 Å². The van der Waals surface area contributed by atoms with Gasteiger partial charge in [0.1, 0.15) is 6.54 Å². The summed E-state index contributed by atoms with van der Waals surface area (Å²) in [6.07, 6.45) is 0. The number of hydrogen-bond donors (Lipinski definition) is 0. The monoisotopic (exact) mass is 499 g/mol. The summed E-state index contributed by atoms with van der Waals surface area (Å²) in [5.41, 5.74) is 0.488. The van der Waals surface area contributed by atoms with E-state index in [1.54, 1.807) is 47.4 Å². The van der Waals surface area contributed by atoms with Crippen molar-refractivity contribution in [3.05, 3.63) is 58.2 Å². The second-order valence-electron chi connectivity index (χ2n) is 6.49. The van der Waals surface area contributed by atoms with Crippen LogP contribution in [0.5, 0.6) is 0 Å². The van der Waals surface area contributed by atoms with Gasteiger partial charge >= 0.3 is 0 Å². The second-order valence-corrected chi connectivity index (χ2v) is 9.59. The molecule has 8 heteroatoms. The van der Waals surface area contributed by atoms with Gasteiger partial charge < -0.3 is 9.80 Å². The normalized spacial score (nSPS) is 15.6. The summed E-state index contributed by atoms with van der Waals surface area (Å²) in [6, 6.07) is 15.4. The number of rotatable bonds is 5. The first-order valence-corrected chi connectivity index (χ1v) is 11.2. The molecular formula is C19H22IN3O3S. The number of carbonyl (C=O) groups is 1. The Bertz CT molecular complexity index is 880. The van der Waals surface area contributed by atoms with E-state index >= 15 is 0 Å². The summed E-state index contributed by atoms with van der Waals surface area (Å²) in [5, 5.41) is 0. The summed E-state index contributed by atoms with van der Waals surface area (Å²) < 4.78 is 28.7. The van der Waals surface area contributed by atoms with Crippen molar-refractivity contribution in [3.8, 4) is 0 Å². The Kier molecular flexibility index (Phi) is 6.38. The van der Waals surface area contributed by atoms with E-state index in [1.807, 2.05) is 19.2 Å². The third kappa shape index (κ3) is 4.80. The van der Waals surface area contributed by atoms with Crippen molar-refractivity contribution < 1.29 is 13.2 Å². The van der Waals surface area contributed by atoms with Crippen LogP contribution in [0.3, 0.4) is 0 Å².